The third-order valence-corrected chi connectivity index (χ3v) is 11.7. The van der Waals surface area contributed by atoms with Crippen molar-refractivity contribution in [2.45, 2.75) is 32.2 Å². The molecule has 0 spiro atoms. The summed E-state index contributed by atoms with van der Waals surface area (Å²) < 4.78 is 6.65. The Labute approximate surface area is 285 Å². The fraction of sp³-hybridized carbons (Fsp3) is 0.455. The van der Waals surface area contributed by atoms with Gasteiger partial charge in [-0.1, -0.05) is 18.7 Å². The predicted octanol–water partition coefficient (Wildman–Crippen LogP) is 5.82. The number of ether oxygens (including phenoxy) is 1. The summed E-state index contributed by atoms with van der Waals surface area (Å²) in [6.45, 7) is 13.2. The first kappa shape index (κ1) is 33.0. The van der Waals surface area contributed by atoms with Crippen LogP contribution in [0, 0.1) is 0 Å². The zero-order valence-corrected chi connectivity index (χ0v) is 30.6. The summed E-state index contributed by atoms with van der Waals surface area (Å²) in [5.41, 5.74) is 5.89. The zero-order valence-electron chi connectivity index (χ0n) is 27.3. The number of methoxy groups -OCH3 is 1. The molecule has 0 amide bonds. The lowest BCUT2D eigenvalue weighted by Gasteiger charge is -2.43. The molecule has 2 aromatic carbocycles. The van der Waals surface area contributed by atoms with Gasteiger partial charge in [0.25, 0.3) is 0 Å². The lowest BCUT2D eigenvalue weighted by molar-refractivity contribution is 0.0982. The standard InChI is InChI=1S/C33H43BrN9OPS/c1-6-22-19-27(29(44-3)20-28(22)43-13-9-23(10-14-43)42-17-15-41(2)16-18-42)39-33-37-21-24(34)32(40-33)38-26-8-7-25-30(36-12-11-35-25)31(26)45(4,5)46/h7-8,11-12,19-21,23H,6,9-10,13-18H2,1-5H3,(H2,37,38,39,40). The lowest BCUT2D eigenvalue weighted by atomic mass is 9.99. The maximum Gasteiger partial charge on any atom is 0.229 e. The molecule has 46 heavy (non-hydrogen) atoms. The summed E-state index contributed by atoms with van der Waals surface area (Å²) in [5.74, 6) is 1.85. The summed E-state index contributed by atoms with van der Waals surface area (Å²) >= 11 is 9.64. The van der Waals surface area contributed by atoms with Gasteiger partial charge < -0.3 is 25.2 Å². The molecule has 0 aliphatic carbocycles. The van der Waals surface area contributed by atoms with Crippen molar-refractivity contribution in [2.24, 2.45) is 0 Å². The van der Waals surface area contributed by atoms with E-state index in [1.807, 2.05) is 12.1 Å². The van der Waals surface area contributed by atoms with Gasteiger partial charge in [-0.05, 0) is 85.4 Å². The fourth-order valence-electron chi connectivity index (χ4n) is 6.55. The molecule has 0 atom stereocenters. The SMILES string of the molecule is CCc1cc(Nc2ncc(Br)c(Nc3ccc4nccnc4c3P(C)(C)=S)n2)c(OC)cc1N1CCC(N2CCN(C)CC2)CC1. The first-order valence-corrected chi connectivity index (χ1v) is 20.4. The zero-order chi connectivity index (χ0) is 32.4. The number of piperazine rings is 1. The average Bonchev–Trinajstić information content (AvgIpc) is 3.06. The first-order valence-electron chi connectivity index (χ1n) is 15.9. The molecule has 13 heteroatoms. The van der Waals surface area contributed by atoms with E-state index in [1.54, 1.807) is 25.7 Å². The molecule has 0 bridgehead atoms. The van der Waals surface area contributed by atoms with Crippen LogP contribution in [-0.4, -0.2) is 103 Å². The molecule has 2 aromatic heterocycles. The lowest BCUT2D eigenvalue weighted by Crippen LogP contribution is -2.52. The highest BCUT2D eigenvalue weighted by atomic mass is 79.9. The highest BCUT2D eigenvalue weighted by molar-refractivity contribution is 9.10. The third-order valence-electron chi connectivity index (χ3n) is 9.04. The molecule has 2 fully saturated rings. The largest absolute Gasteiger partial charge is 0.494 e. The first-order chi connectivity index (χ1) is 22.1. The Morgan fingerprint density at radius 3 is 2.41 bits per heavy atom. The number of anilines is 5. The van der Waals surface area contributed by atoms with E-state index >= 15 is 0 Å². The second kappa shape index (κ2) is 14.1. The van der Waals surface area contributed by atoms with E-state index in [-0.39, 0.29) is 0 Å². The molecule has 2 aliphatic rings. The van der Waals surface area contributed by atoms with E-state index in [9.17, 15) is 0 Å². The molecule has 244 valence electrons. The van der Waals surface area contributed by atoms with E-state index in [2.05, 4.69) is 95.6 Å². The van der Waals surface area contributed by atoms with E-state index < -0.39 is 6.04 Å². The topological polar surface area (TPSA) is 94.6 Å². The van der Waals surface area contributed by atoms with Gasteiger partial charge in [0.1, 0.15) is 11.6 Å². The van der Waals surface area contributed by atoms with Crippen molar-refractivity contribution in [3.8, 4) is 5.75 Å². The van der Waals surface area contributed by atoms with Crippen LogP contribution >= 0.6 is 22.0 Å². The number of aromatic nitrogens is 4. The maximum absolute atomic E-state index is 6.00. The Morgan fingerprint density at radius 2 is 1.72 bits per heavy atom. The van der Waals surface area contributed by atoms with Crippen LogP contribution in [0.2, 0.25) is 0 Å². The second-order valence-corrected chi connectivity index (χ2v) is 19.2. The van der Waals surface area contributed by atoms with Crippen molar-refractivity contribution in [3.63, 3.8) is 0 Å². The molecule has 2 aliphatic heterocycles. The molecule has 6 rings (SSSR count). The minimum atomic E-state index is -1.90. The molecular formula is C33H43BrN9OPS. The average molecular weight is 725 g/mol. The summed E-state index contributed by atoms with van der Waals surface area (Å²) in [5, 5.41) is 7.95. The van der Waals surface area contributed by atoms with E-state index in [1.165, 1.54) is 50.3 Å². The number of fused-ring (bicyclic) bond motifs is 1. The van der Waals surface area contributed by atoms with Gasteiger partial charge in [-0.2, -0.15) is 4.98 Å². The predicted molar refractivity (Wildman–Crippen MR) is 198 cm³/mol. The Morgan fingerprint density at radius 1 is 0.978 bits per heavy atom. The number of nitrogens with one attached hydrogen (secondary N) is 2. The number of aryl methyl sites for hydroxylation is 1. The minimum Gasteiger partial charge on any atom is -0.494 e. The van der Waals surface area contributed by atoms with Gasteiger partial charge in [0.05, 0.1) is 34.0 Å². The number of halogens is 1. The van der Waals surface area contributed by atoms with Crippen LogP contribution in [0.4, 0.5) is 28.8 Å². The monoisotopic (exact) mass is 723 g/mol. The number of hydrogen-bond acceptors (Lipinski definition) is 11. The van der Waals surface area contributed by atoms with Crippen LogP contribution in [0.5, 0.6) is 5.75 Å². The van der Waals surface area contributed by atoms with E-state index in [0.29, 0.717) is 17.8 Å². The maximum atomic E-state index is 6.00. The molecule has 2 N–H and O–H groups in total. The quantitative estimate of drug-likeness (QED) is 0.205. The van der Waals surface area contributed by atoms with Crippen molar-refractivity contribution >= 4 is 78.9 Å². The second-order valence-electron chi connectivity index (χ2n) is 12.5. The van der Waals surface area contributed by atoms with Crippen molar-refractivity contribution in [2.75, 3.05) is 82.3 Å². The molecule has 0 saturated carbocycles. The molecular weight excluding hydrogens is 681 g/mol. The van der Waals surface area contributed by atoms with Crippen molar-refractivity contribution in [3.05, 3.63) is 52.9 Å². The van der Waals surface area contributed by atoms with E-state index in [0.717, 1.165) is 57.4 Å². The summed E-state index contributed by atoms with van der Waals surface area (Å²) in [6, 6.07) is 7.10. The Bertz CT molecular complexity index is 1750. The number of nitrogens with zero attached hydrogens (tertiary/aromatic N) is 7. The number of likely N-dealkylation sites (N-methyl/N-ethyl adjacent to an activating group) is 1. The summed E-state index contributed by atoms with van der Waals surface area (Å²) in [4.78, 5) is 26.2. The number of piperidine rings is 1. The molecule has 0 unspecified atom stereocenters. The van der Waals surface area contributed by atoms with E-state index in [4.69, 9.17) is 21.5 Å². The van der Waals surface area contributed by atoms with Gasteiger partial charge in [0, 0.05) is 81.0 Å². The van der Waals surface area contributed by atoms with Crippen LogP contribution in [0.15, 0.2) is 47.3 Å². The highest BCUT2D eigenvalue weighted by Gasteiger charge is 2.28. The third kappa shape index (κ3) is 7.16. The van der Waals surface area contributed by atoms with Gasteiger partial charge >= 0.3 is 0 Å². The van der Waals surface area contributed by atoms with Crippen LogP contribution in [0.3, 0.4) is 0 Å². The fourth-order valence-corrected chi connectivity index (χ4v) is 8.79. The molecule has 4 aromatic rings. The number of rotatable bonds is 9. The van der Waals surface area contributed by atoms with Gasteiger partial charge in [0.15, 0.2) is 0 Å². The Hall–Kier alpha value is -2.89. The molecule has 0 radical (unpaired) electrons. The van der Waals surface area contributed by atoms with Crippen LogP contribution in [0.25, 0.3) is 11.0 Å². The summed E-state index contributed by atoms with van der Waals surface area (Å²) in [6.07, 6.45) is 8.45. The van der Waals surface area contributed by atoms with Crippen LogP contribution in [0.1, 0.15) is 25.3 Å². The summed E-state index contributed by atoms with van der Waals surface area (Å²) in [7, 11) is 3.94. The smallest absolute Gasteiger partial charge is 0.229 e. The van der Waals surface area contributed by atoms with Crippen molar-refractivity contribution < 1.29 is 4.74 Å². The van der Waals surface area contributed by atoms with Gasteiger partial charge in [-0.25, -0.2) is 4.98 Å². The Balaban J connectivity index is 1.23. The minimum absolute atomic E-state index is 0.460. The van der Waals surface area contributed by atoms with Gasteiger partial charge in [-0.15, -0.1) is 0 Å². The van der Waals surface area contributed by atoms with Gasteiger partial charge in [0.2, 0.25) is 5.95 Å². The normalized spacial score (nSPS) is 17.0. The molecule has 10 nitrogen and oxygen atoms in total. The molecule has 2 saturated heterocycles. The van der Waals surface area contributed by atoms with Crippen molar-refractivity contribution in [1.82, 2.24) is 29.7 Å². The Kier molecular flexibility index (Phi) is 10.1. The van der Waals surface area contributed by atoms with Gasteiger partial charge in [-0.3, -0.25) is 14.9 Å². The van der Waals surface area contributed by atoms with Crippen LogP contribution in [-0.2, 0) is 18.2 Å². The van der Waals surface area contributed by atoms with Crippen LogP contribution < -0.4 is 25.6 Å². The number of benzene rings is 2. The number of hydrogen-bond donors (Lipinski definition) is 2. The highest BCUT2D eigenvalue weighted by Crippen LogP contribution is 2.42. The molecule has 4 heterocycles. The van der Waals surface area contributed by atoms with Crippen molar-refractivity contribution in [1.29, 1.82) is 0 Å².